The molecule has 9 heteroatoms. The first kappa shape index (κ1) is 13.9. The summed E-state index contributed by atoms with van der Waals surface area (Å²) in [6.07, 6.45) is -2.28. The van der Waals surface area contributed by atoms with Crippen molar-refractivity contribution < 1.29 is 25.3 Å². The molecule has 0 bridgehead atoms. The van der Waals surface area contributed by atoms with Crippen molar-refractivity contribution >= 4 is 5.82 Å². The van der Waals surface area contributed by atoms with Gasteiger partial charge in [0.25, 0.3) is 0 Å². The molecule has 0 radical (unpaired) electrons. The second-order valence-corrected chi connectivity index (χ2v) is 4.49. The quantitative estimate of drug-likeness (QED) is 0.401. The highest BCUT2D eigenvalue weighted by Gasteiger charge is 2.53. The SMILES string of the molecule is C[C@@]1(O)C(O)C(CO)O[C@H]1n1ccc(NO)nc1=O. The van der Waals surface area contributed by atoms with Gasteiger partial charge in [0.2, 0.25) is 0 Å². The van der Waals surface area contributed by atoms with Gasteiger partial charge < -0.3 is 20.1 Å². The van der Waals surface area contributed by atoms with Crippen molar-refractivity contribution in [2.24, 2.45) is 0 Å². The van der Waals surface area contributed by atoms with Crippen molar-refractivity contribution in [3.63, 3.8) is 0 Å². The predicted octanol–water partition coefficient (Wildman–Crippen LogP) is -1.95. The number of anilines is 1. The van der Waals surface area contributed by atoms with Crippen LogP contribution in [0.4, 0.5) is 5.82 Å². The lowest BCUT2D eigenvalue weighted by Crippen LogP contribution is -2.46. The van der Waals surface area contributed by atoms with E-state index in [1.807, 2.05) is 0 Å². The number of ether oxygens (including phenoxy) is 1. The predicted molar refractivity (Wildman–Crippen MR) is 61.5 cm³/mol. The second kappa shape index (κ2) is 4.87. The van der Waals surface area contributed by atoms with Crippen molar-refractivity contribution in [2.45, 2.75) is 31.0 Å². The summed E-state index contributed by atoms with van der Waals surface area (Å²) in [6, 6.07) is 1.29. The number of hydrogen-bond donors (Lipinski definition) is 5. The number of aliphatic hydroxyl groups is 3. The largest absolute Gasteiger partial charge is 0.394 e. The summed E-state index contributed by atoms with van der Waals surface area (Å²) >= 11 is 0. The zero-order valence-electron chi connectivity index (χ0n) is 10.1. The molecule has 2 rings (SSSR count). The third kappa shape index (κ3) is 2.22. The highest BCUT2D eigenvalue weighted by atomic mass is 16.6. The van der Waals surface area contributed by atoms with E-state index < -0.39 is 36.3 Å². The van der Waals surface area contributed by atoms with Gasteiger partial charge in [-0.2, -0.15) is 4.98 Å². The van der Waals surface area contributed by atoms with E-state index in [0.717, 1.165) is 4.57 Å². The molecular weight excluding hydrogens is 258 g/mol. The summed E-state index contributed by atoms with van der Waals surface area (Å²) in [4.78, 5) is 15.2. The topological polar surface area (TPSA) is 137 Å². The Hall–Kier alpha value is -1.52. The molecule has 0 aliphatic carbocycles. The van der Waals surface area contributed by atoms with Crippen LogP contribution in [0, 0.1) is 0 Å². The van der Waals surface area contributed by atoms with Gasteiger partial charge in [0.05, 0.1) is 6.61 Å². The Bertz CT molecular complexity index is 516. The van der Waals surface area contributed by atoms with E-state index >= 15 is 0 Å². The fraction of sp³-hybridized carbons (Fsp3) is 0.600. The van der Waals surface area contributed by atoms with Crippen LogP contribution >= 0.6 is 0 Å². The van der Waals surface area contributed by atoms with Crippen LogP contribution in [0.15, 0.2) is 17.1 Å². The van der Waals surface area contributed by atoms with E-state index in [9.17, 15) is 15.0 Å². The highest BCUT2D eigenvalue weighted by molar-refractivity contribution is 5.28. The van der Waals surface area contributed by atoms with E-state index in [0.29, 0.717) is 0 Å². The molecule has 1 aliphatic heterocycles. The van der Waals surface area contributed by atoms with Gasteiger partial charge in [-0.3, -0.25) is 15.3 Å². The van der Waals surface area contributed by atoms with Gasteiger partial charge in [0, 0.05) is 6.20 Å². The number of nitrogens with zero attached hydrogens (tertiary/aromatic N) is 2. The van der Waals surface area contributed by atoms with E-state index in [1.54, 1.807) is 5.48 Å². The summed E-state index contributed by atoms with van der Waals surface area (Å²) in [5.74, 6) is -0.0573. The molecule has 4 atom stereocenters. The molecule has 5 N–H and O–H groups in total. The Balaban J connectivity index is 2.39. The maximum Gasteiger partial charge on any atom is 0.351 e. The third-order valence-corrected chi connectivity index (χ3v) is 3.13. The molecule has 1 aromatic rings. The molecule has 0 saturated carbocycles. The Morgan fingerprint density at radius 3 is 2.79 bits per heavy atom. The van der Waals surface area contributed by atoms with Crippen molar-refractivity contribution in [3.8, 4) is 0 Å². The minimum absolute atomic E-state index is 0.0573. The molecular formula is C10H15N3O6. The van der Waals surface area contributed by atoms with Crippen molar-refractivity contribution in [1.29, 1.82) is 0 Å². The van der Waals surface area contributed by atoms with Gasteiger partial charge in [0.1, 0.15) is 17.8 Å². The van der Waals surface area contributed by atoms with Crippen LogP contribution < -0.4 is 11.2 Å². The summed E-state index contributed by atoms with van der Waals surface area (Å²) in [6.45, 7) is 0.801. The Kier molecular flexibility index (Phi) is 3.56. The molecule has 2 heterocycles. The third-order valence-electron chi connectivity index (χ3n) is 3.13. The normalized spacial score (nSPS) is 34.5. The van der Waals surface area contributed by atoms with Crippen LogP contribution in [0.3, 0.4) is 0 Å². The fourth-order valence-corrected chi connectivity index (χ4v) is 2.04. The molecule has 9 nitrogen and oxygen atoms in total. The molecule has 1 saturated heterocycles. The zero-order chi connectivity index (χ0) is 14.2. The van der Waals surface area contributed by atoms with Gasteiger partial charge in [-0.1, -0.05) is 0 Å². The fourth-order valence-electron chi connectivity index (χ4n) is 2.04. The lowest BCUT2D eigenvalue weighted by molar-refractivity contribution is -0.0987. The number of rotatable bonds is 3. The molecule has 106 valence electrons. The number of aliphatic hydroxyl groups excluding tert-OH is 2. The minimum Gasteiger partial charge on any atom is -0.394 e. The highest BCUT2D eigenvalue weighted by Crippen LogP contribution is 2.37. The van der Waals surface area contributed by atoms with E-state index in [2.05, 4.69) is 4.98 Å². The molecule has 1 aliphatic rings. The van der Waals surface area contributed by atoms with Gasteiger partial charge in [-0.15, -0.1) is 0 Å². The first-order valence-electron chi connectivity index (χ1n) is 5.58. The van der Waals surface area contributed by atoms with Gasteiger partial charge >= 0.3 is 5.69 Å². The number of hydrogen-bond acceptors (Lipinski definition) is 8. The minimum atomic E-state index is -1.76. The lowest BCUT2D eigenvalue weighted by atomic mass is 9.96. The van der Waals surface area contributed by atoms with Crippen molar-refractivity contribution in [1.82, 2.24) is 9.55 Å². The van der Waals surface area contributed by atoms with Crippen LogP contribution in [0.1, 0.15) is 13.2 Å². The smallest absolute Gasteiger partial charge is 0.351 e. The zero-order valence-corrected chi connectivity index (χ0v) is 10.1. The number of nitrogens with one attached hydrogen (secondary N) is 1. The first-order valence-corrected chi connectivity index (χ1v) is 5.58. The molecule has 2 unspecified atom stereocenters. The van der Waals surface area contributed by atoms with Crippen molar-refractivity contribution in [2.75, 3.05) is 12.1 Å². The number of aromatic nitrogens is 2. The maximum absolute atomic E-state index is 11.7. The first-order chi connectivity index (χ1) is 8.91. The monoisotopic (exact) mass is 273 g/mol. The summed E-state index contributed by atoms with van der Waals surface area (Å²) in [5, 5.41) is 37.7. The Labute approximate surface area is 107 Å². The van der Waals surface area contributed by atoms with Crippen LogP contribution in [0.5, 0.6) is 0 Å². The summed E-state index contributed by atoms with van der Waals surface area (Å²) in [7, 11) is 0. The van der Waals surface area contributed by atoms with Gasteiger partial charge in [-0.05, 0) is 13.0 Å². The van der Waals surface area contributed by atoms with Gasteiger partial charge in [-0.25, -0.2) is 4.79 Å². The summed E-state index contributed by atoms with van der Waals surface area (Å²) in [5.41, 5.74) is -0.821. The lowest BCUT2D eigenvalue weighted by Gasteiger charge is -2.27. The average Bonchev–Trinajstić information content (AvgIpc) is 2.61. The van der Waals surface area contributed by atoms with Crippen LogP contribution in [-0.2, 0) is 4.74 Å². The molecule has 0 spiro atoms. The molecule has 1 aromatic heterocycles. The Morgan fingerprint density at radius 1 is 1.63 bits per heavy atom. The molecule has 1 fully saturated rings. The van der Waals surface area contributed by atoms with Crippen LogP contribution in [0.2, 0.25) is 0 Å². The Morgan fingerprint density at radius 2 is 2.32 bits per heavy atom. The molecule has 0 aromatic carbocycles. The van der Waals surface area contributed by atoms with E-state index in [-0.39, 0.29) is 5.82 Å². The molecule has 19 heavy (non-hydrogen) atoms. The van der Waals surface area contributed by atoms with Crippen LogP contribution in [0.25, 0.3) is 0 Å². The maximum atomic E-state index is 11.7. The van der Waals surface area contributed by atoms with Crippen molar-refractivity contribution in [3.05, 3.63) is 22.7 Å². The molecule has 0 amide bonds. The van der Waals surface area contributed by atoms with Crippen LogP contribution in [-0.4, -0.2) is 54.5 Å². The standard InChI is InChI=1S/C10H15N3O6/c1-10(17)7(15)5(4-14)19-8(10)13-3-2-6(12-18)11-9(13)16/h2-3,5,7-8,14-15,17-18H,4H2,1H3,(H,11,12,16)/t5?,7?,8-,10-/m1/s1. The summed E-state index contributed by atoms with van der Waals surface area (Å²) < 4.78 is 6.24. The van der Waals surface area contributed by atoms with E-state index in [4.69, 9.17) is 15.1 Å². The van der Waals surface area contributed by atoms with E-state index in [1.165, 1.54) is 19.2 Å². The average molecular weight is 273 g/mol. The van der Waals surface area contributed by atoms with Gasteiger partial charge in [0.15, 0.2) is 12.0 Å². The second-order valence-electron chi connectivity index (χ2n) is 4.49.